The fraction of sp³-hybridized carbons (Fsp3) is 0.625. The highest BCUT2D eigenvalue weighted by Crippen LogP contribution is 2.48. The van der Waals surface area contributed by atoms with Gasteiger partial charge in [-0.05, 0) is 55.1 Å². The van der Waals surface area contributed by atoms with E-state index < -0.39 is 7.12 Å². The van der Waals surface area contributed by atoms with Crippen LogP contribution in [0, 0.1) is 17.8 Å². The summed E-state index contributed by atoms with van der Waals surface area (Å²) in [5.41, 5.74) is 1.73. The molecule has 108 valence electrons. The van der Waals surface area contributed by atoms with E-state index in [4.69, 9.17) is 0 Å². The second kappa shape index (κ2) is 5.88. The fourth-order valence-corrected chi connectivity index (χ4v) is 4.23. The van der Waals surface area contributed by atoms with E-state index in [1.807, 2.05) is 12.1 Å². The van der Waals surface area contributed by atoms with Gasteiger partial charge in [0.15, 0.2) is 0 Å². The minimum absolute atomic E-state index is 0.579. The van der Waals surface area contributed by atoms with Crippen LogP contribution in [-0.4, -0.2) is 35.7 Å². The van der Waals surface area contributed by atoms with E-state index in [0.29, 0.717) is 5.46 Å². The van der Waals surface area contributed by atoms with Gasteiger partial charge in [-0.1, -0.05) is 30.7 Å². The van der Waals surface area contributed by atoms with Gasteiger partial charge in [0.1, 0.15) is 0 Å². The van der Waals surface area contributed by atoms with Crippen LogP contribution in [-0.2, 0) is 6.54 Å². The molecule has 2 fully saturated rings. The molecule has 4 heteroatoms. The molecular formula is C16H24BNO2. The van der Waals surface area contributed by atoms with Gasteiger partial charge < -0.3 is 14.9 Å². The van der Waals surface area contributed by atoms with Gasteiger partial charge in [-0.3, -0.25) is 0 Å². The number of rotatable bonds is 5. The number of fused-ring (bicyclic) bond motifs is 2. The maximum atomic E-state index is 9.23. The molecular weight excluding hydrogens is 249 g/mol. The molecule has 0 aliphatic heterocycles. The third-order valence-corrected chi connectivity index (χ3v) is 5.13. The Kier molecular flexibility index (Phi) is 4.15. The lowest BCUT2D eigenvalue weighted by Crippen LogP contribution is -2.31. The van der Waals surface area contributed by atoms with Crippen LogP contribution >= 0.6 is 0 Å². The van der Waals surface area contributed by atoms with Crippen molar-refractivity contribution in [3.8, 4) is 0 Å². The lowest BCUT2D eigenvalue weighted by molar-refractivity contribution is 0.214. The molecule has 2 aliphatic rings. The van der Waals surface area contributed by atoms with E-state index in [9.17, 15) is 10.0 Å². The van der Waals surface area contributed by atoms with Crippen LogP contribution in [0.4, 0.5) is 0 Å². The zero-order chi connectivity index (χ0) is 14.1. The zero-order valence-corrected chi connectivity index (χ0v) is 12.2. The first-order valence-corrected chi connectivity index (χ1v) is 7.75. The van der Waals surface area contributed by atoms with E-state index in [-0.39, 0.29) is 0 Å². The molecule has 2 aliphatic carbocycles. The van der Waals surface area contributed by atoms with Crippen LogP contribution < -0.4 is 5.46 Å². The molecule has 0 radical (unpaired) electrons. The van der Waals surface area contributed by atoms with Gasteiger partial charge in [0.05, 0.1) is 0 Å². The Hall–Kier alpha value is -0.835. The summed E-state index contributed by atoms with van der Waals surface area (Å²) in [6.07, 6.45) is 5.78. The molecule has 0 heterocycles. The molecule has 0 spiro atoms. The lowest BCUT2D eigenvalue weighted by atomic mass is 9.79. The molecule has 1 aromatic carbocycles. The molecule has 0 saturated heterocycles. The van der Waals surface area contributed by atoms with Crippen molar-refractivity contribution in [3.63, 3.8) is 0 Å². The van der Waals surface area contributed by atoms with Crippen LogP contribution in [0.2, 0.25) is 0 Å². The third-order valence-electron chi connectivity index (χ3n) is 5.13. The quantitative estimate of drug-likeness (QED) is 0.793. The minimum atomic E-state index is -1.37. The Morgan fingerprint density at radius 1 is 1.25 bits per heavy atom. The van der Waals surface area contributed by atoms with Crippen molar-refractivity contribution < 1.29 is 10.0 Å². The Balaban J connectivity index is 1.56. The summed E-state index contributed by atoms with van der Waals surface area (Å²) in [7, 11) is 0.805. The molecule has 3 rings (SSSR count). The van der Waals surface area contributed by atoms with Crippen molar-refractivity contribution in [1.29, 1.82) is 0 Å². The fourth-order valence-electron chi connectivity index (χ4n) is 4.23. The predicted octanol–water partition coefficient (Wildman–Crippen LogP) is 1.23. The number of benzene rings is 1. The van der Waals surface area contributed by atoms with Gasteiger partial charge in [-0.2, -0.15) is 0 Å². The van der Waals surface area contributed by atoms with Crippen LogP contribution in [0.3, 0.4) is 0 Å². The maximum Gasteiger partial charge on any atom is 0.488 e. The Morgan fingerprint density at radius 3 is 2.75 bits per heavy atom. The van der Waals surface area contributed by atoms with Crippen molar-refractivity contribution in [2.24, 2.45) is 17.8 Å². The summed E-state index contributed by atoms with van der Waals surface area (Å²) in [4.78, 5) is 2.38. The molecule has 1 aromatic rings. The first-order valence-electron chi connectivity index (χ1n) is 7.75. The summed E-state index contributed by atoms with van der Waals surface area (Å²) >= 11 is 0. The van der Waals surface area contributed by atoms with Gasteiger partial charge in [0.2, 0.25) is 0 Å². The maximum absolute atomic E-state index is 9.23. The summed E-state index contributed by atoms with van der Waals surface area (Å²) < 4.78 is 0. The second-order valence-electron chi connectivity index (χ2n) is 6.75. The highest BCUT2D eigenvalue weighted by molar-refractivity contribution is 6.58. The SMILES string of the molecule is CN(Cc1cccc(B(O)O)c1)CC1CC2CCC1C2. The molecule has 2 bridgehead atoms. The van der Waals surface area contributed by atoms with Crippen molar-refractivity contribution in [2.75, 3.05) is 13.6 Å². The molecule has 20 heavy (non-hydrogen) atoms. The van der Waals surface area contributed by atoms with Gasteiger partial charge in [-0.15, -0.1) is 0 Å². The average Bonchev–Trinajstić information content (AvgIpc) is 3.01. The van der Waals surface area contributed by atoms with E-state index in [1.165, 1.54) is 32.2 Å². The first kappa shape index (κ1) is 14.1. The van der Waals surface area contributed by atoms with Gasteiger partial charge >= 0.3 is 7.12 Å². The molecule has 3 atom stereocenters. The topological polar surface area (TPSA) is 43.7 Å². The molecule has 0 amide bonds. The normalized spacial score (nSPS) is 28.3. The molecule has 2 N–H and O–H groups in total. The van der Waals surface area contributed by atoms with Crippen LogP contribution in [0.5, 0.6) is 0 Å². The number of nitrogens with zero attached hydrogens (tertiary/aromatic N) is 1. The van der Waals surface area contributed by atoms with Crippen molar-refractivity contribution in [1.82, 2.24) is 4.90 Å². The van der Waals surface area contributed by atoms with Crippen molar-refractivity contribution in [3.05, 3.63) is 29.8 Å². The lowest BCUT2D eigenvalue weighted by Gasteiger charge is -2.27. The first-order chi connectivity index (χ1) is 9.61. The van der Waals surface area contributed by atoms with E-state index >= 15 is 0 Å². The summed E-state index contributed by atoms with van der Waals surface area (Å²) in [5.74, 6) is 2.85. The smallest absolute Gasteiger partial charge is 0.423 e. The molecule has 0 aromatic heterocycles. The summed E-state index contributed by atoms with van der Waals surface area (Å²) in [5, 5.41) is 18.5. The van der Waals surface area contributed by atoms with Crippen molar-refractivity contribution in [2.45, 2.75) is 32.2 Å². The predicted molar refractivity (Wildman–Crippen MR) is 81.5 cm³/mol. The highest BCUT2D eigenvalue weighted by atomic mass is 16.4. The average molecular weight is 273 g/mol. The summed E-state index contributed by atoms with van der Waals surface area (Å²) in [6, 6.07) is 7.60. The van der Waals surface area contributed by atoms with E-state index in [2.05, 4.69) is 18.0 Å². The molecule has 2 saturated carbocycles. The van der Waals surface area contributed by atoms with E-state index in [1.54, 1.807) is 6.07 Å². The minimum Gasteiger partial charge on any atom is -0.423 e. The zero-order valence-electron chi connectivity index (χ0n) is 12.2. The number of hydrogen-bond acceptors (Lipinski definition) is 3. The summed E-state index contributed by atoms with van der Waals surface area (Å²) in [6.45, 7) is 2.06. The van der Waals surface area contributed by atoms with Crippen LogP contribution in [0.15, 0.2) is 24.3 Å². The largest absolute Gasteiger partial charge is 0.488 e. The third kappa shape index (κ3) is 3.08. The second-order valence-corrected chi connectivity index (χ2v) is 6.75. The number of hydrogen-bond donors (Lipinski definition) is 2. The highest BCUT2D eigenvalue weighted by Gasteiger charge is 2.39. The van der Waals surface area contributed by atoms with E-state index in [0.717, 1.165) is 29.9 Å². The molecule has 3 unspecified atom stereocenters. The van der Waals surface area contributed by atoms with Crippen LogP contribution in [0.25, 0.3) is 0 Å². The Morgan fingerprint density at radius 2 is 2.10 bits per heavy atom. The van der Waals surface area contributed by atoms with Crippen molar-refractivity contribution >= 4 is 12.6 Å². The Labute approximate surface area is 121 Å². The van der Waals surface area contributed by atoms with Gasteiger partial charge in [-0.25, -0.2) is 0 Å². The van der Waals surface area contributed by atoms with Crippen LogP contribution in [0.1, 0.15) is 31.2 Å². The monoisotopic (exact) mass is 273 g/mol. The van der Waals surface area contributed by atoms with Gasteiger partial charge in [0.25, 0.3) is 0 Å². The molecule has 3 nitrogen and oxygen atoms in total. The Bertz CT molecular complexity index is 466. The van der Waals surface area contributed by atoms with Gasteiger partial charge in [0, 0.05) is 13.1 Å². The standard InChI is InChI=1S/C16H24BNO2/c1-18(11-15-8-12-5-6-14(15)7-12)10-13-3-2-4-16(9-13)17(19)20/h2-4,9,12,14-15,19-20H,5-8,10-11H2,1H3.